The van der Waals surface area contributed by atoms with Crippen molar-refractivity contribution >= 4 is 23.4 Å². The minimum absolute atomic E-state index is 0.320. The van der Waals surface area contributed by atoms with E-state index in [4.69, 9.17) is 16.3 Å². The fraction of sp³-hybridized carbons (Fsp3) is 0.300. The van der Waals surface area contributed by atoms with E-state index in [0.29, 0.717) is 6.10 Å². The van der Waals surface area contributed by atoms with E-state index in [1.807, 2.05) is 30.3 Å². The van der Waals surface area contributed by atoms with Gasteiger partial charge in [0.25, 0.3) is 0 Å². The van der Waals surface area contributed by atoms with Gasteiger partial charge in [0.2, 0.25) is 0 Å². The third-order valence-electron chi connectivity index (χ3n) is 4.43. The Labute approximate surface area is 162 Å². The molecular weight excluding hydrogens is 366 g/mol. The first-order chi connectivity index (χ1) is 12.8. The van der Waals surface area contributed by atoms with Crippen LogP contribution in [-0.2, 0) is 11.3 Å². The molecule has 0 saturated carbocycles. The summed E-state index contributed by atoms with van der Waals surface area (Å²) >= 11 is 7.76. The summed E-state index contributed by atoms with van der Waals surface area (Å²) in [6.07, 6.45) is 2.60. The van der Waals surface area contributed by atoms with Crippen LogP contribution in [0.3, 0.4) is 0 Å². The van der Waals surface area contributed by atoms with Gasteiger partial charge in [0, 0.05) is 22.9 Å². The number of ether oxygens (including phenoxy) is 1. The van der Waals surface area contributed by atoms with Crippen LogP contribution < -0.4 is 0 Å². The SMILES string of the molecule is Clc1ccc(-c2nnc(SCC3CCCO3)n2Cc2ccccc2)cc1. The molecule has 1 atom stereocenters. The maximum atomic E-state index is 6.04. The van der Waals surface area contributed by atoms with E-state index in [1.165, 1.54) is 5.56 Å². The van der Waals surface area contributed by atoms with Crippen molar-refractivity contribution in [2.75, 3.05) is 12.4 Å². The highest BCUT2D eigenvalue weighted by Crippen LogP contribution is 2.28. The highest BCUT2D eigenvalue weighted by molar-refractivity contribution is 7.99. The second-order valence-electron chi connectivity index (χ2n) is 6.33. The van der Waals surface area contributed by atoms with Gasteiger partial charge in [-0.2, -0.15) is 0 Å². The normalized spacial score (nSPS) is 16.9. The molecule has 0 radical (unpaired) electrons. The predicted octanol–water partition coefficient (Wildman–Crippen LogP) is 4.92. The van der Waals surface area contributed by atoms with E-state index in [1.54, 1.807) is 11.8 Å². The van der Waals surface area contributed by atoms with Crippen LogP contribution in [0, 0.1) is 0 Å². The van der Waals surface area contributed by atoms with Crippen molar-refractivity contribution in [2.45, 2.75) is 30.6 Å². The maximum Gasteiger partial charge on any atom is 0.191 e. The van der Waals surface area contributed by atoms with Crippen LogP contribution in [0.5, 0.6) is 0 Å². The van der Waals surface area contributed by atoms with E-state index in [2.05, 4.69) is 39.0 Å². The predicted molar refractivity (Wildman–Crippen MR) is 106 cm³/mol. The lowest BCUT2D eigenvalue weighted by atomic mass is 10.2. The Morgan fingerprint density at radius 2 is 1.88 bits per heavy atom. The van der Waals surface area contributed by atoms with E-state index in [9.17, 15) is 0 Å². The Morgan fingerprint density at radius 3 is 2.62 bits per heavy atom. The summed E-state index contributed by atoms with van der Waals surface area (Å²) in [6, 6.07) is 18.1. The van der Waals surface area contributed by atoms with Crippen molar-refractivity contribution in [3.05, 3.63) is 65.2 Å². The van der Waals surface area contributed by atoms with Gasteiger partial charge >= 0.3 is 0 Å². The minimum atomic E-state index is 0.320. The molecular formula is C20H20ClN3OS. The molecule has 1 saturated heterocycles. The van der Waals surface area contributed by atoms with Crippen LogP contribution in [0.1, 0.15) is 18.4 Å². The molecule has 0 N–H and O–H groups in total. The molecule has 1 fully saturated rings. The molecule has 4 nitrogen and oxygen atoms in total. The highest BCUT2D eigenvalue weighted by Gasteiger charge is 2.19. The summed E-state index contributed by atoms with van der Waals surface area (Å²) in [4.78, 5) is 0. The second-order valence-corrected chi connectivity index (χ2v) is 7.75. The molecule has 0 amide bonds. The number of hydrogen-bond acceptors (Lipinski definition) is 4. The summed E-state index contributed by atoms with van der Waals surface area (Å²) in [5.41, 5.74) is 2.24. The van der Waals surface area contributed by atoms with Gasteiger partial charge in [0.1, 0.15) is 0 Å². The van der Waals surface area contributed by atoms with E-state index < -0.39 is 0 Å². The number of benzene rings is 2. The number of halogens is 1. The molecule has 6 heteroatoms. The van der Waals surface area contributed by atoms with Crippen LogP contribution in [-0.4, -0.2) is 33.2 Å². The lowest BCUT2D eigenvalue weighted by molar-refractivity contribution is 0.129. The van der Waals surface area contributed by atoms with Gasteiger partial charge in [-0.1, -0.05) is 53.7 Å². The third kappa shape index (κ3) is 4.11. The maximum absolute atomic E-state index is 6.04. The van der Waals surface area contributed by atoms with Crippen LogP contribution in [0.25, 0.3) is 11.4 Å². The fourth-order valence-corrected chi connectivity index (χ4v) is 4.19. The Hall–Kier alpha value is -1.82. The summed E-state index contributed by atoms with van der Waals surface area (Å²) in [5.74, 6) is 1.77. The molecule has 26 heavy (non-hydrogen) atoms. The quantitative estimate of drug-likeness (QED) is 0.565. The van der Waals surface area contributed by atoms with Crippen molar-refractivity contribution in [3.63, 3.8) is 0 Å². The first kappa shape index (κ1) is 17.6. The molecule has 0 spiro atoms. The standard InChI is InChI=1S/C20H20ClN3OS/c21-17-10-8-16(9-11-17)19-22-23-20(26-14-18-7-4-12-25-18)24(19)13-15-5-2-1-3-6-15/h1-3,5-6,8-11,18H,4,7,12-14H2. The number of hydrogen-bond donors (Lipinski definition) is 0. The molecule has 0 aliphatic carbocycles. The minimum Gasteiger partial charge on any atom is -0.377 e. The molecule has 1 aliphatic rings. The van der Waals surface area contributed by atoms with Crippen LogP contribution >= 0.6 is 23.4 Å². The van der Waals surface area contributed by atoms with E-state index in [0.717, 1.165) is 53.3 Å². The van der Waals surface area contributed by atoms with Crippen molar-refractivity contribution in [2.24, 2.45) is 0 Å². The van der Waals surface area contributed by atoms with Crippen molar-refractivity contribution in [1.82, 2.24) is 14.8 Å². The first-order valence-corrected chi connectivity index (χ1v) is 10.1. The van der Waals surface area contributed by atoms with Gasteiger partial charge in [0.15, 0.2) is 11.0 Å². The summed E-state index contributed by atoms with van der Waals surface area (Å²) < 4.78 is 7.92. The molecule has 2 heterocycles. The zero-order chi connectivity index (χ0) is 17.8. The van der Waals surface area contributed by atoms with Crippen molar-refractivity contribution in [1.29, 1.82) is 0 Å². The second kappa shape index (κ2) is 8.25. The summed E-state index contributed by atoms with van der Waals surface area (Å²) in [5, 5.41) is 10.6. The average molecular weight is 386 g/mol. The van der Waals surface area contributed by atoms with E-state index in [-0.39, 0.29) is 0 Å². The van der Waals surface area contributed by atoms with Gasteiger partial charge < -0.3 is 4.74 Å². The van der Waals surface area contributed by atoms with Crippen LogP contribution in [0.4, 0.5) is 0 Å². The molecule has 0 bridgehead atoms. The van der Waals surface area contributed by atoms with Crippen LogP contribution in [0.15, 0.2) is 59.8 Å². The highest BCUT2D eigenvalue weighted by atomic mass is 35.5. The smallest absolute Gasteiger partial charge is 0.191 e. The summed E-state index contributed by atoms with van der Waals surface area (Å²) in [6.45, 7) is 1.61. The molecule has 1 unspecified atom stereocenters. The Morgan fingerprint density at radius 1 is 1.08 bits per heavy atom. The Balaban J connectivity index is 1.63. The largest absolute Gasteiger partial charge is 0.377 e. The zero-order valence-corrected chi connectivity index (χ0v) is 15.9. The van der Waals surface area contributed by atoms with E-state index >= 15 is 0 Å². The Kier molecular flexibility index (Phi) is 5.58. The van der Waals surface area contributed by atoms with Gasteiger partial charge in [-0.25, -0.2) is 0 Å². The lowest BCUT2D eigenvalue weighted by Crippen LogP contribution is -2.10. The number of rotatable bonds is 6. The molecule has 1 aliphatic heterocycles. The van der Waals surface area contributed by atoms with Crippen molar-refractivity contribution in [3.8, 4) is 11.4 Å². The number of nitrogens with zero attached hydrogens (tertiary/aromatic N) is 3. The van der Waals surface area contributed by atoms with Gasteiger partial charge in [-0.05, 0) is 42.7 Å². The molecule has 1 aromatic heterocycles. The monoisotopic (exact) mass is 385 g/mol. The number of aromatic nitrogens is 3. The first-order valence-electron chi connectivity index (χ1n) is 8.77. The van der Waals surface area contributed by atoms with Gasteiger partial charge in [-0.3, -0.25) is 4.57 Å². The van der Waals surface area contributed by atoms with Gasteiger partial charge in [-0.15, -0.1) is 10.2 Å². The molecule has 134 valence electrons. The Bertz CT molecular complexity index is 845. The fourth-order valence-electron chi connectivity index (χ4n) is 3.06. The topological polar surface area (TPSA) is 39.9 Å². The zero-order valence-electron chi connectivity index (χ0n) is 14.3. The van der Waals surface area contributed by atoms with Crippen molar-refractivity contribution < 1.29 is 4.74 Å². The molecule has 4 rings (SSSR count). The van der Waals surface area contributed by atoms with Gasteiger partial charge in [0.05, 0.1) is 12.6 Å². The molecule has 3 aromatic rings. The number of thioether (sulfide) groups is 1. The average Bonchev–Trinajstić information content (AvgIpc) is 3.32. The van der Waals surface area contributed by atoms with Crippen LogP contribution in [0.2, 0.25) is 5.02 Å². The lowest BCUT2D eigenvalue weighted by Gasteiger charge is -2.12. The molecule has 2 aromatic carbocycles. The third-order valence-corrected chi connectivity index (χ3v) is 5.78. The summed E-state index contributed by atoms with van der Waals surface area (Å²) in [7, 11) is 0.